The summed E-state index contributed by atoms with van der Waals surface area (Å²) in [6.07, 6.45) is 6.00. The first-order valence-electron chi connectivity index (χ1n) is 8.12. The van der Waals surface area contributed by atoms with Crippen LogP contribution in [0, 0.1) is 5.92 Å². The number of amides is 1. The maximum Gasteiger partial charge on any atom is 0.257 e. The van der Waals surface area contributed by atoms with Crippen molar-refractivity contribution in [2.75, 3.05) is 26.3 Å². The van der Waals surface area contributed by atoms with Crippen LogP contribution in [0.25, 0.3) is 0 Å². The number of aryl methyl sites for hydroxylation is 1. The maximum absolute atomic E-state index is 12.4. The van der Waals surface area contributed by atoms with E-state index in [0.29, 0.717) is 37.7 Å². The van der Waals surface area contributed by atoms with E-state index in [1.54, 1.807) is 30.3 Å². The van der Waals surface area contributed by atoms with Gasteiger partial charge in [-0.3, -0.25) is 9.48 Å². The summed E-state index contributed by atoms with van der Waals surface area (Å²) in [6.45, 7) is 2.49. The quantitative estimate of drug-likeness (QED) is 0.841. The average molecular weight is 328 g/mol. The number of rotatable bonds is 4. The molecule has 24 heavy (non-hydrogen) atoms. The molecule has 2 fully saturated rings. The van der Waals surface area contributed by atoms with Crippen molar-refractivity contribution in [1.82, 2.24) is 19.7 Å². The van der Waals surface area contributed by atoms with E-state index < -0.39 is 0 Å². The molecular formula is C17H20N4O3. The lowest BCUT2D eigenvalue weighted by Crippen LogP contribution is -2.66. The Labute approximate surface area is 140 Å². The van der Waals surface area contributed by atoms with Gasteiger partial charge < -0.3 is 14.4 Å². The van der Waals surface area contributed by atoms with Gasteiger partial charge in [-0.15, -0.1) is 0 Å². The lowest BCUT2D eigenvalue weighted by molar-refractivity contribution is -0.122. The largest absolute Gasteiger partial charge is 0.477 e. The molecule has 2 saturated heterocycles. The molecule has 2 aromatic heterocycles. The molecule has 1 spiro atoms. The van der Waals surface area contributed by atoms with Gasteiger partial charge in [0, 0.05) is 38.0 Å². The molecule has 0 aliphatic carbocycles. The van der Waals surface area contributed by atoms with E-state index in [1.165, 1.54) is 0 Å². The molecule has 4 heterocycles. The lowest BCUT2D eigenvalue weighted by atomic mass is 9.81. The summed E-state index contributed by atoms with van der Waals surface area (Å²) >= 11 is 0. The van der Waals surface area contributed by atoms with Gasteiger partial charge in [-0.1, -0.05) is 6.07 Å². The highest BCUT2D eigenvalue weighted by Gasteiger charge is 2.54. The van der Waals surface area contributed by atoms with Crippen molar-refractivity contribution >= 4 is 5.91 Å². The third-order valence-corrected chi connectivity index (χ3v) is 4.83. The average Bonchev–Trinajstić information content (AvgIpc) is 3.18. The van der Waals surface area contributed by atoms with Crippen LogP contribution in [0.5, 0.6) is 5.88 Å². The number of ether oxygens (including phenoxy) is 2. The Kier molecular flexibility index (Phi) is 3.72. The number of aromatic nitrogens is 3. The van der Waals surface area contributed by atoms with Crippen molar-refractivity contribution < 1.29 is 14.3 Å². The smallest absolute Gasteiger partial charge is 0.257 e. The van der Waals surface area contributed by atoms with Gasteiger partial charge in [0.1, 0.15) is 5.60 Å². The van der Waals surface area contributed by atoms with Crippen LogP contribution in [-0.4, -0.2) is 57.5 Å². The van der Waals surface area contributed by atoms with Crippen LogP contribution in [0.15, 0.2) is 36.8 Å². The molecule has 0 radical (unpaired) electrons. The highest BCUT2D eigenvalue weighted by molar-refractivity contribution is 5.94. The van der Waals surface area contributed by atoms with Crippen molar-refractivity contribution in [2.45, 2.75) is 12.0 Å². The molecule has 7 nitrogen and oxygen atoms in total. The summed E-state index contributed by atoms with van der Waals surface area (Å²) in [5.74, 6) is 0.910. The summed E-state index contributed by atoms with van der Waals surface area (Å²) in [6, 6.07) is 5.61. The number of nitrogens with zero attached hydrogens (tertiary/aromatic N) is 4. The van der Waals surface area contributed by atoms with Gasteiger partial charge in [0.05, 0.1) is 31.5 Å². The monoisotopic (exact) mass is 328 g/mol. The number of pyridine rings is 1. The van der Waals surface area contributed by atoms with E-state index in [2.05, 4.69) is 10.1 Å². The van der Waals surface area contributed by atoms with E-state index in [9.17, 15) is 4.79 Å². The van der Waals surface area contributed by atoms with Crippen LogP contribution in [0.4, 0.5) is 0 Å². The first-order valence-corrected chi connectivity index (χ1v) is 8.12. The molecule has 4 rings (SSSR count). The van der Waals surface area contributed by atoms with Crippen molar-refractivity contribution in [3.63, 3.8) is 0 Å². The molecule has 7 heteroatoms. The van der Waals surface area contributed by atoms with Gasteiger partial charge in [-0.05, 0) is 12.5 Å². The minimum Gasteiger partial charge on any atom is -0.477 e. The molecule has 0 saturated carbocycles. The first-order chi connectivity index (χ1) is 11.7. The van der Waals surface area contributed by atoms with Crippen LogP contribution in [0.3, 0.4) is 0 Å². The number of likely N-dealkylation sites (tertiary alicyclic amines) is 1. The van der Waals surface area contributed by atoms with Crippen LogP contribution >= 0.6 is 0 Å². The van der Waals surface area contributed by atoms with Gasteiger partial charge in [0.25, 0.3) is 5.91 Å². The van der Waals surface area contributed by atoms with Gasteiger partial charge in [0.2, 0.25) is 5.88 Å². The number of hydrogen-bond acceptors (Lipinski definition) is 5. The number of carbonyl (C=O) groups excluding carboxylic acids is 1. The summed E-state index contributed by atoms with van der Waals surface area (Å²) < 4.78 is 13.4. The SMILES string of the molecule is Cn1cc(C(=O)N2CC3(C2)OCCC3COc2ccccn2)cn1. The van der Waals surface area contributed by atoms with Crippen molar-refractivity contribution in [3.8, 4) is 5.88 Å². The molecule has 1 unspecified atom stereocenters. The topological polar surface area (TPSA) is 69.5 Å². The van der Waals surface area contributed by atoms with Gasteiger partial charge in [-0.2, -0.15) is 5.10 Å². The fourth-order valence-corrected chi connectivity index (χ4v) is 3.45. The molecule has 0 aromatic carbocycles. The van der Waals surface area contributed by atoms with E-state index >= 15 is 0 Å². The Morgan fingerprint density at radius 1 is 1.46 bits per heavy atom. The molecule has 2 aromatic rings. The normalized spacial score (nSPS) is 21.7. The molecular weight excluding hydrogens is 308 g/mol. The lowest BCUT2D eigenvalue weighted by Gasteiger charge is -2.49. The second-order valence-corrected chi connectivity index (χ2v) is 6.44. The standard InChI is InChI=1S/C17H20N4O3/c1-20-9-13(8-19-20)16(22)21-11-17(12-21)14(5-7-24-17)10-23-15-4-2-3-6-18-15/h2-4,6,8-9,14H,5,7,10-12H2,1H3. The Morgan fingerprint density at radius 3 is 3.04 bits per heavy atom. The second kappa shape index (κ2) is 5.90. The van der Waals surface area contributed by atoms with Crippen LogP contribution in [0.2, 0.25) is 0 Å². The third kappa shape index (κ3) is 2.65. The molecule has 0 N–H and O–H groups in total. The van der Waals surface area contributed by atoms with Crippen LogP contribution < -0.4 is 4.74 Å². The number of hydrogen-bond donors (Lipinski definition) is 0. The fourth-order valence-electron chi connectivity index (χ4n) is 3.45. The van der Waals surface area contributed by atoms with Gasteiger partial charge in [0.15, 0.2) is 0 Å². The van der Waals surface area contributed by atoms with E-state index in [0.717, 1.165) is 6.42 Å². The zero-order chi connectivity index (χ0) is 16.6. The fraction of sp³-hybridized carbons (Fsp3) is 0.471. The second-order valence-electron chi connectivity index (χ2n) is 6.44. The Morgan fingerprint density at radius 2 is 2.33 bits per heavy atom. The minimum atomic E-state index is -0.271. The summed E-state index contributed by atoms with van der Waals surface area (Å²) in [5.41, 5.74) is 0.346. The Hall–Kier alpha value is -2.41. The van der Waals surface area contributed by atoms with E-state index in [4.69, 9.17) is 9.47 Å². The first kappa shape index (κ1) is 15.1. The predicted octanol–water partition coefficient (Wildman–Crippen LogP) is 1.13. The zero-order valence-electron chi connectivity index (χ0n) is 13.6. The predicted molar refractivity (Wildman–Crippen MR) is 85.6 cm³/mol. The van der Waals surface area contributed by atoms with Crippen LogP contribution in [0.1, 0.15) is 16.8 Å². The Bertz CT molecular complexity index is 724. The highest BCUT2D eigenvalue weighted by Crippen LogP contribution is 2.40. The molecule has 2 aliphatic rings. The maximum atomic E-state index is 12.4. The molecule has 2 aliphatic heterocycles. The molecule has 0 bridgehead atoms. The Balaban J connectivity index is 1.36. The zero-order valence-corrected chi connectivity index (χ0v) is 13.6. The molecule has 1 atom stereocenters. The van der Waals surface area contributed by atoms with Crippen LogP contribution in [-0.2, 0) is 11.8 Å². The molecule has 126 valence electrons. The van der Waals surface area contributed by atoms with E-state index in [1.807, 2.05) is 23.1 Å². The molecule has 1 amide bonds. The summed E-state index contributed by atoms with van der Waals surface area (Å²) in [4.78, 5) is 18.4. The van der Waals surface area contributed by atoms with Crippen molar-refractivity contribution in [3.05, 3.63) is 42.4 Å². The summed E-state index contributed by atoms with van der Waals surface area (Å²) in [7, 11) is 1.81. The van der Waals surface area contributed by atoms with E-state index in [-0.39, 0.29) is 17.4 Å². The van der Waals surface area contributed by atoms with Crippen molar-refractivity contribution in [2.24, 2.45) is 13.0 Å². The van der Waals surface area contributed by atoms with Crippen molar-refractivity contribution in [1.29, 1.82) is 0 Å². The highest BCUT2D eigenvalue weighted by atomic mass is 16.5. The minimum absolute atomic E-state index is 0.00798. The van der Waals surface area contributed by atoms with Gasteiger partial charge in [-0.25, -0.2) is 4.98 Å². The summed E-state index contributed by atoms with van der Waals surface area (Å²) in [5, 5.41) is 4.06. The van der Waals surface area contributed by atoms with Gasteiger partial charge >= 0.3 is 0 Å². The third-order valence-electron chi connectivity index (χ3n) is 4.83. The number of carbonyl (C=O) groups is 1.